The summed E-state index contributed by atoms with van der Waals surface area (Å²) in [5.74, 6) is 1.67. The first kappa shape index (κ1) is 24.6. The molecule has 0 amide bonds. The van der Waals surface area contributed by atoms with E-state index in [1.807, 2.05) is 56.3 Å². The van der Waals surface area contributed by atoms with E-state index in [-0.39, 0.29) is 5.97 Å². The number of nitrogens with one attached hydrogen (secondary N) is 3. The van der Waals surface area contributed by atoms with Gasteiger partial charge in [0, 0.05) is 19.2 Å². The molecule has 2 aliphatic heterocycles. The van der Waals surface area contributed by atoms with Crippen molar-refractivity contribution >= 4 is 29.0 Å². The molecule has 0 spiro atoms. The summed E-state index contributed by atoms with van der Waals surface area (Å²) in [5, 5.41) is 3.32. The molecule has 0 atom stereocenters. The second-order valence-electron chi connectivity index (χ2n) is 9.52. The van der Waals surface area contributed by atoms with E-state index < -0.39 is 0 Å². The second kappa shape index (κ2) is 10.9. The number of fused-ring (bicyclic) bond motifs is 1. The molecule has 8 nitrogen and oxygen atoms in total. The summed E-state index contributed by atoms with van der Waals surface area (Å²) in [6.45, 7) is 9.53. The van der Waals surface area contributed by atoms with Crippen molar-refractivity contribution in [2.75, 3.05) is 37.0 Å². The van der Waals surface area contributed by atoms with Crippen molar-refractivity contribution in [2.24, 2.45) is 4.99 Å². The van der Waals surface area contributed by atoms with Crippen LogP contribution in [0, 0.1) is 13.8 Å². The van der Waals surface area contributed by atoms with E-state index in [9.17, 15) is 4.79 Å². The minimum atomic E-state index is -0.337. The van der Waals surface area contributed by atoms with Gasteiger partial charge >= 0.3 is 5.97 Å². The smallest absolute Gasteiger partial charge is 0.308 e. The molecule has 5 rings (SSSR count). The summed E-state index contributed by atoms with van der Waals surface area (Å²) >= 11 is 0. The highest BCUT2D eigenvalue weighted by Gasteiger charge is 2.17. The molecule has 2 aliphatic rings. The van der Waals surface area contributed by atoms with Crippen LogP contribution in [0.1, 0.15) is 30.9 Å². The van der Waals surface area contributed by atoms with Crippen molar-refractivity contribution in [3.63, 3.8) is 0 Å². The largest absolute Gasteiger partial charge is 0.492 e. The minimum Gasteiger partial charge on any atom is -0.492 e. The molecule has 0 aliphatic carbocycles. The van der Waals surface area contributed by atoms with Crippen molar-refractivity contribution < 1.29 is 14.3 Å². The fourth-order valence-corrected chi connectivity index (χ4v) is 4.72. The number of likely N-dealkylation sites (tertiary alicyclic amines) is 1. The van der Waals surface area contributed by atoms with Gasteiger partial charge in [0.15, 0.2) is 0 Å². The van der Waals surface area contributed by atoms with Crippen LogP contribution in [0.4, 0.5) is 17.1 Å². The number of rotatable bonds is 7. The first-order chi connectivity index (χ1) is 17.9. The molecule has 0 saturated carbocycles. The van der Waals surface area contributed by atoms with E-state index in [0.717, 1.165) is 51.6 Å². The summed E-state index contributed by atoms with van der Waals surface area (Å²) < 4.78 is 11.2. The lowest BCUT2D eigenvalue weighted by molar-refractivity contribution is -0.131. The molecule has 0 radical (unpaired) electrons. The first-order valence-corrected chi connectivity index (χ1v) is 12.7. The zero-order chi connectivity index (χ0) is 25.8. The molecule has 1 saturated heterocycles. The number of hydrogen-bond acceptors (Lipinski definition) is 8. The number of benzene rings is 3. The Morgan fingerprint density at radius 3 is 2.49 bits per heavy atom. The average Bonchev–Trinajstić information content (AvgIpc) is 3.40. The number of aliphatic imine (C=N–C) groups is 1. The Bertz CT molecular complexity index is 1310. The normalized spacial score (nSPS) is 14.7. The lowest BCUT2D eigenvalue weighted by Crippen LogP contribution is -2.37. The number of aryl methyl sites for hydroxylation is 2. The number of nitrogens with zero attached hydrogens (tertiary/aromatic N) is 2. The molecule has 0 aromatic heterocycles. The zero-order valence-electron chi connectivity index (χ0n) is 21.6. The fraction of sp³-hybridized carbons (Fsp3) is 0.310. The predicted molar refractivity (Wildman–Crippen MR) is 148 cm³/mol. The molecule has 2 heterocycles. The number of hydrogen-bond donors (Lipinski definition) is 3. The van der Waals surface area contributed by atoms with Crippen LogP contribution >= 0.6 is 0 Å². The van der Waals surface area contributed by atoms with Crippen LogP contribution in [0.15, 0.2) is 59.6 Å². The topological polar surface area (TPSA) is 87.2 Å². The minimum absolute atomic E-state index is 0.337. The molecule has 1 fully saturated rings. The van der Waals surface area contributed by atoms with E-state index in [1.165, 1.54) is 32.9 Å². The maximum absolute atomic E-state index is 11.4. The van der Waals surface area contributed by atoms with E-state index in [4.69, 9.17) is 14.5 Å². The third-order valence-electron chi connectivity index (χ3n) is 6.61. The van der Waals surface area contributed by atoms with E-state index in [1.54, 1.807) is 6.07 Å². The summed E-state index contributed by atoms with van der Waals surface area (Å²) in [6, 6.07) is 17.7. The van der Waals surface area contributed by atoms with Gasteiger partial charge in [-0.05, 0) is 111 Å². The molecule has 8 heteroatoms. The number of guanidine groups is 1. The van der Waals surface area contributed by atoms with Gasteiger partial charge in [0.2, 0.25) is 5.96 Å². The summed E-state index contributed by atoms with van der Waals surface area (Å²) in [5.41, 5.74) is 13.2. The number of anilines is 2. The van der Waals surface area contributed by atoms with Gasteiger partial charge < -0.3 is 14.8 Å². The van der Waals surface area contributed by atoms with Gasteiger partial charge in [-0.25, -0.2) is 4.99 Å². The fourth-order valence-electron chi connectivity index (χ4n) is 4.72. The third kappa shape index (κ3) is 6.03. The maximum atomic E-state index is 11.4. The zero-order valence-corrected chi connectivity index (χ0v) is 21.6. The number of carbonyl (C=O) groups excluding carboxylic acids is 1. The third-order valence-corrected chi connectivity index (χ3v) is 6.61. The Hall–Kier alpha value is -4.04. The Labute approximate surface area is 217 Å². The molecule has 3 aromatic carbocycles. The highest BCUT2D eigenvalue weighted by atomic mass is 16.5. The van der Waals surface area contributed by atoms with Crippen LogP contribution in [-0.4, -0.2) is 43.1 Å². The van der Waals surface area contributed by atoms with Gasteiger partial charge in [-0.15, -0.1) is 0 Å². The van der Waals surface area contributed by atoms with Crippen LogP contribution in [0.3, 0.4) is 0 Å². The summed E-state index contributed by atoms with van der Waals surface area (Å²) in [6.07, 6.45) is 2.59. The van der Waals surface area contributed by atoms with Gasteiger partial charge in [-0.2, -0.15) is 0 Å². The van der Waals surface area contributed by atoms with Crippen molar-refractivity contribution in [3.8, 4) is 22.6 Å². The highest BCUT2D eigenvalue weighted by molar-refractivity contribution is 6.00. The molecule has 192 valence electrons. The quantitative estimate of drug-likeness (QED) is 0.296. The maximum Gasteiger partial charge on any atom is 0.308 e. The van der Waals surface area contributed by atoms with Gasteiger partial charge in [-0.1, -0.05) is 6.07 Å². The van der Waals surface area contributed by atoms with Crippen LogP contribution in [0.25, 0.3) is 11.1 Å². The molecule has 37 heavy (non-hydrogen) atoms. The van der Waals surface area contributed by atoms with Gasteiger partial charge in [0.05, 0.1) is 11.4 Å². The number of ether oxygens (including phenoxy) is 2. The molecule has 3 aromatic rings. The molecule has 3 N–H and O–H groups in total. The second-order valence-corrected chi connectivity index (χ2v) is 9.52. The van der Waals surface area contributed by atoms with Crippen LogP contribution in [0.2, 0.25) is 0 Å². The SMILES string of the molecule is CC(=O)Oc1ccc(C)c(-c2cc(C)c3c(c2)NNC(Nc2ccc(OCCN4CCCC4)cc2)=N3)c1. The highest BCUT2D eigenvalue weighted by Crippen LogP contribution is 2.37. The summed E-state index contributed by atoms with van der Waals surface area (Å²) in [4.78, 5) is 18.6. The van der Waals surface area contributed by atoms with Gasteiger partial charge in [-0.3, -0.25) is 20.5 Å². The Kier molecular flexibility index (Phi) is 7.28. The Morgan fingerprint density at radius 2 is 1.73 bits per heavy atom. The first-order valence-electron chi connectivity index (χ1n) is 12.7. The molecular weight excluding hydrogens is 466 g/mol. The van der Waals surface area contributed by atoms with E-state index in [2.05, 4.69) is 27.1 Å². The molecule has 0 unspecified atom stereocenters. The monoisotopic (exact) mass is 499 g/mol. The van der Waals surface area contributed by atoms with Crippen molar-refractivity contribution in [1.82, 2.24) is 10.3 Å². The van der Waals surface area contributed by atoms with Gasteiger partial charge in [0.1, 0.15) is 18.1 Å². The average molecular weight is 500 g/mol. The number of carbonyl (C=O) groups is 1. The van der Waals surface area contributed by atoms with Crippen molar-refractivity contribution in [1.29, 1.82) is 0 Å². The van der Waals surface area contributed by atoms with Gasteiger partial charge in [0.25, 0.3) is 0 Å². The van der Waals surface area contributed by atoms with Crippen LogP contribution < -0.4 is 25.6 Å². The Balaban J connectivity index is 1.26. The summed E-state index contributed by atoms with van der Waals surface area (Å²) in [7, 11) is 0. The lowest BCUT2D eigenvalue weighted by atomic mass is 9.97. The van der Waals surface area contributed by atoms with Crippen molar-refractivity contribution in [2.45, 2.75) is 33.6 Å². The lowest BCUT2D eigenvalue weighted by Gasteiger charge is -2.23. The Morgan fingerprint density at radius 1 is 0.973 bits per heavy atom. The molecular formula is C29H33N5O3. The predicted octanol–water partition coefficient (Wildman–Crippen LogP) is 5.40. The number of hydrazine groups is 1. The number of esters is 1. The van der Waals surface area contributed by atoms with E-state index >= 15 is 0 Å². The molecule has 0 bridgehead atoms. The van der Waals surface area contributed by atoms with Crippen LogP contribution in [-0.2, 0) is 4.79 Å². The van der Waals surface area contributed by atoms with Crippen molar-refractivity contribution in [3.05, 3.63) is 65.7 Å². The standard InChI is InChI=1S/C29H33N5O3/c1-19-6-9-25(37-21(3)35)18-26(19)22-16-20(2)28-27(17-22)32-33-29(31-28)30-23-7-10-24(11-8-23)36-15-14-34-12-4-5-13-34/h6-11,16-18,32H,4-5,12-15H2,1-3H3,(H2,30,31,33). The van der Waals surface area contributed by atoms with Crippen LogP contribution in [0.5, 0.6) is 11.5 Å². The van der Waals surface area contributed by atoms with E-state index in [0.29, 0.717) is 18.3 Å².